The van der Waals surface area contributed by atoms with Crippen molar-refractivity contribution in [2.75, 3.05) is 16.5 Å². The number of hydrogen-bond donors (Lipinski definition) is 0. The van der Waals surface area contributed by atoms with Gasteiger partial charge in [-0.25, -0.2) is 4.98 Å². The molecule has 10 rings (SSSR count). The molecule has 0 atom stereocenters. The van der Waals surface area contributed by atoms with E-state index in [0.29, 0.717) is 6.67 Å². The Morgan fingerprint density at radius 2 is 1.00 bits per heavy atom. The smallest absolute Gasteiger partial charge is 0.137 e. The summed E-state index contributed by atoms with van der Waals surface area (Å²) in [5.41, 5.74) is 12.7. The van der Waals surface area contributed by atoms with Crippen LogP contribution in [0, 0.1) is 0 Å². The van der Waals surface area contributed by atoms with Crippen molar-refractivity contribution in [1.82, 2.24) is 9.55 Å². The minimum absolute atomic E-state index is 0.0289. The Morgan fingerprint density at radius 3 is 1.65 bits per heavy atom. The molecule has 7 aromatic carbocycles. The summed E-state index contributed by atoms with van der Waals surface area (Å²) in [6.45, 7) is 16.6. The molecule has 0 amide bonds. The van der Waals surface area contributed by atoms with Crippen LogP contribution in [0.15, 0.2) is 188 Å². The molecule has 2 aromatic heterocycles. The van der Waals surface area contributed by atoms with Gasteiger partial charge in [0.25, 0.3) is 0 Å². The van der Waals surface area contributed by atoms with Crippen LogP contribution in [0.5, 0.6) is 11.5 Å². The fourth-order valence-electron chi connectivity index (χ4n) is 9.32. The topological polar surface area (TPSA) is 33.5 Å². The molecule has 0 N–H and O–H groups in total. The maximum atomic E-state index is 6.81. The molecule has 0 saturated heterocycles. The molecule has 312 valence electrons. The third kappa shape index (κ3) is 7.21. The highest BCUT2D eigenvalue weighted by Gasteiger charge is 2.30. The van der Waals surface area contributed by atoms with Crippen molar-refractivity contribution in [3.63, 3.8) is 0 Å². The van der Waals surface area contributed by atoms with Crippen molar-refractivity contribution in [1.29, 1.82) is 0 Å². The number of ether oxygens (including phenoxy) is 1. The minimum atomic E-state index is -0.182. The van der Waals surface area contributed by atoms with Gasteiger partial charge in [0.1, 0.15) is 24.0 Å². The van der Waals surface area contributed by atoms with Crippen molar-refractivity contribution in [3.05, 3.63) is 216 Å². The first-order valence-corrected chi connectivity index (χ1v) is 22.1. The molecule has 1 aliphatic heterocycles. The molecule has 1 aliphatic rings. The van der Waals surface area contributed by atoms with Gasteiger partial charge >= 0.3 is 0 Å². The highest BCUT2D eigenvalue weighted by molar-refractivity contribution is 6.10. The Balaban J connectivity index is 1.01. The lowest BCUT2D eigenvalue weighted by atomic mass is 9.78. The van der Waals surface area contributed by atoms with Gasteiger partial charge in [0.05, 0.1) is 22.4 Å². The Hall–Kier alpha value is -7.11. The van der Waals surface area contributed by atoms with E-state index in [-0.39, 0.29) is 16.2 Å². The Labute approximate surface area is 371 Å². The lowest BCUT2D eigenvalue weighted by molar-refractivity contribution is 0.483. The second kappa shape index (κ2) is 15.4. The summed E-state index contributed by atoms with van der Waals surface area (Å²) in [5, 5.41) is 2.35. The average molecular weight is 823 g/mol. The molecule has 0 aliphatic carbocycles. The van der Waals surface area contributed by atoms with E-state index in [9.17, 15) is 0 Å². The zero-order valence-electron chi connectivity index (χ0n) is 37.3. The quantitative estimate of drug-likeness (QED) is 0.145. The first-order chi connectivity index (χ1) is 30.4. The zero-order chi connectivity index (χ0) is 43.5. The first kappa shape index (κ1) is 40.0. The van der Waals surface area contributed by atoms with Crippen molar-refractivity contribution in [2.45, 2.75) is 64.7 Å². The van der Waals surface area contributed by atoms with Gasteiger partial charge in [0.2, 0.25) is 0 Å². The molecule has 0 bridgehead atoms. The molecule has 63 heavy (non-hydrogen) atoms. The van der Waals surface area contributed by atoms with Gasteiger partial charge in [-0.1, -0.05) is 146 Å². The lowest BCUT2D eigenvalue weighted by Gasteiger charge is -2.28. The highest BCUT2D eigenvalue weighted by Crippen LogP contribution is 2.46. The predicted molar refractivity (Wildman–Crippen MR) is 263 cm³/mol. The third-order valence-electron chi connectivity index (χ3n) is 13.3. The van der Waals surface area contributed by atoms with Gasteiger partial charge in [-0.15, -0.1) is 0 Å². The Kier molecular flexibility index (Phi) is 9.75. The number of aromatic nitrogens is 2. The van der Waals surface area contributed by atoms with Crippen molar-refractivity contribution in [3.8, 4) is 17.3 Å². The number of hydrogen-bond acceptors (Lipinski definition) is 4. The number of rotatable bonds is 9. The average Bonchev–Trinajstić information content (AvgIpc) is 3.85. The predicted octanol–water partition coefficient (Wildman–Crippen LogP) is 15.2. The summed E-state index contributed by atoms with van der Waals surface area (Å²) in [5.74, 6) is 2.43. The minimum Gasteiger partial charge on any atom is -0.457 e. The van der Waals surface area contributed by atoms with E-state index >= 15 is 0 Å². The monoisotopic (exact) mass is 822 g/mol. The van der Waals surface area contributed by atoms with Crippen LogP contribution < -0.4 is 14.5 Å². The number of nitrogens with zero attached hydrogens (tertiary/aromatic N) is 4. The Bertz CT molecular complexity index is 3120. The summed E-state index contributed by atoms with van der Waals surface area (Å²) < 4.78 is 9.11. The summed E-state index contributed by atoms with van der Waals surface area (Å²) in [7, 11) is 0. The van der Waals surface area contributed by atoms with Gasteiger partial charge in [-0.05, 0) is 106 Å². The standard InChI is InChI=1S/C58H54N4O/c1-56(2,3)42-32-33-59-55(36-42)62-51-31-28-44(58(6,7)41-20-12-9-13-21-41)35-50(51)49-30-29-48(38-54(49)62)63-47-25-17-24-46(37-47)61-39-60(52-26-14-15-27-53(52)61)45-23-16-22-43(34-45)57(4,5)40-18-10-8-11-19-40/h8-38H,39H2,1-7H3. The van der Waals surface area contributed by atoms with Gasteiger partial charge in [0, 0.05) is 51.3 Å². The van der Waals surface area contributed by atoms with E-state index in [1.807, 2.05) is 12.3 Å². The van der Waals surface area contributed by atoms with E-state index in [4.69, 9.17) is 9.72 Å². The molecular formula is C58H54N4O. The summed E-state index contributed by atoms with van der Waals surface area (Å²) in [6, 6.07) is 65.4. The van der Waals surface area contributed by atoms with Crippen LogP contribution in [-0.2, 0) is 16.2 Å². The number of pyridine rings is 1. The highest BCUT2D eigenvalue weighted by atomic mass is 16.5. The molecule has 3 heterocycles. The second-order valence-electron chi connectivity index (χ2n) is 19.0. The van der Waals surface area contributed by atoms with Gasteiger partial charge in [-0.2, -0.15) is 0 Å². The van der Waals surface area contributed by atoms with Crippen LogP contribution in [0.3, 0.4) is 0 Å². The Morgan fingerprint density at radius 1 is 0.429 bits per heavy atom. The number of anilines is 4. The summed E-state index contributed by atoms with van der Waals surface area (Å²) in [4.78, 5) is 9.76. The molecular weight excluding hydrogens is 769 g/mol. The van der Waals surface area contributed by atoms with Crippen LogP contribution in [0.1, 0.15) is 76.3 Å². The molecule has 0 spiro atoms. The zero-order valence-corrected chi connectivity index (χ0v) is 37.3. The SMILES string of the molecule is CC(C)(C)c1ccnc(-n2c3ccc(C(C)(C)c4ccccc4)cc3c3ccc(Oc4cccc(N5CN(c6cccc(C(C)(C)c7ccccc7)c6)c6ccccc65)c4)cc32)c1. The molecule has 0 saturated carbocycles. The van der Waals surface area contributed by atoms with E-state index in [1.54, 1.807) is 0 Å². The van der Waals surface area contributed by atoms with Crippen molar-refractivity contribution >= 4 is 44.6 Å². The van der Waals surface area contributed by atoms with Crippen LogP contribution >= 0.6 is 0 Å². The van der Waals surface area contributed by atoms with E-state index in [0.717, 1.165) is 45.1 Å². The molecule has 5 heteroatoms. The fraction of sp³-hybridized carbons (Fsp3) is 0.190. The van der Waals surface area contributed by atoms with Crippen LogP contribution in [0.25, 0.3) is 27.6 Å². The maximum Gasteiger partial charge on any atom is 0.137 e. The first-order valence-electron chi connectivity index (χ1n) is 22.1. The van der Waals surface area contributed by atoms with Gasteiger partial charge in [-0.3, -0.25) is 4.57 Å². The van der Waals surface area contributed by atoms with Gasteiger partial charge < -0.3 is 14.5 Å². The molecule has 0 unspecified atom stereocenters. The normalized spacial score (nSPS) is 13.2. The van der Waals surface area contributed by atoms with Crippen LogP contribution in [-0.4, -0.2) is 16.2 Å². The second-order valence-corrected chi connectivity index (χ2v) is 19.0. The van der Waals surface area contributed by atoms with Crippen molar-refractivity contribution in [2.24, 2.45) is 0 Å². The van der Waals surface area contributed by atoms with Crippen LogP contribution in [0.2, 0.25) is 0 Å². The van der Waals surface area contributed by atoms with Crippen LogP contribution in [0.4, 0.5) is 22.7 Å². The molecule has 0 radical (unpaired) electrons. The summed E-state index contributed by atoms with van der Waals surface area (Å²) >= 11 is 0. The molecule has 5 nitrogen and oxygen atoms in total. The molecule has 9 aromatic rings. The largest absolute Gasteiger partial charge is 0.457 e. The molecule has 0 fully saturated rings. The number of para-hydroxylation sites is 2. The van der Waals surface area contributed by atoms with E-state index in [2.05, 4.69) is 239 Å². The van der Waals surface area contributed by atoms with E-state index in [1.165, 1.54) is 44.6 Å². The number of fused-ring (bicyclic) bond motifs is 4. The maximum absolute atomic E-state index is 6.81. The summed E-state index contributed by atoms with van der Waals surface area (Å²) in [6.07, 6.45) is 1.94. The number of benzene rings is 7. The fourth-order valence-corrected chi connectivity index (χ4v) is 9.32. The van der Waals surface area contributed by atoms with Crippen molar-refractivity contribution < 1.29 is 4.74 Å². The van der Waals surface area contributed by atoms with E-state index < -0.39 is 0 Å². The van der Waals surface area contributed by atoms with Gasteiger partial charge in [0.15, 0.2) is 0 Å². The third-order valence-corrected chi connectivity index (χ3v) is 13.3. The lowest BCUT2D eigenvalue weighted by Crippen LogP contribution is -2.25.